The minimum absolute atomic E-state index is 0.571. The van der Waals surface area contributed by atoms with Crippen LogP contribution in [0.5, 0.6) is 0 Å². The summed E-state index contributed by atoms with van der Waals surface area (Å²) in [5.41, 5.74) is 1.30. The van der Waals surface area contributed by atoms with Crippen LogP contribution < -0.4 is 5.32 Å². The molecule has 0 saturated heterocycles. The smallest absolute Gasteiger partial charge is 0.0300 e. The second kappa shape index (κ2) is 4.88. The molecule has 0 unspecified atom stereocenters. The van der Waals surface area contributed by atoms with Crippen molar-refractivity contribution in [3.63, 3.8) is 0 Å². The van der Waals surface area contributed by atoms with Crippen LogP contribution in [0.2, 0.25) is 0 Å². The molecule has 0 aliphatic rings. The quantitative estimate of drug-likeness (QED) is 0.731. The van der Waals surface area contributed by atoms with Crippen LogP contribution in [0.1, 0.15) is 19.4 Å². The van der Waals surface area contributed by atoms with Gasteiger partial charge in [0.1, 0.15) is 0 Å². The van der Waals surface area contributed by atoms with Gasteiger partial charge in [-0.3, -0.25) is 4.98 Å². The summed E-state index contributed by atoms with van der Waals surface area (Å²) in [7, 11) is 0. The number of nitrogens with one attached hydrogen (secondary N) is 1. The van der Waals surface area contributed by atoms with E-state index in [0.29, 0.717) is 6.04 Å². The summed E-state index contributed by atoms with van der Waals surface area (Å²) in [5.74, 6) is 0. The van der Waals surface area contributed by atoms with Crippen LogP contribution >= 0.6 is 0 Å². The number of rotatable bonds is 4. The average Bonchev–Trinajstić information content (AvgIpc) is 2.05. The Balaban J connectivity index is 2.25. The molecule has 66 valence electrons. The van der Waals surface area contributed by atoms with Crippen molar-refractivity contribution in [2.45, 2.75) is 26.3 Å². The monoisotopic (exact) mass is 164 g/mol. The van der Waals surface area contributed by atoms with Crippen molar-refractivity contribution < 1.29 is 0 Å². The minimum Gasteiger partial charge on any atom is -0.314 e. The van der Waals surface area contributed by atoms with Crippen LogP contribution in [0, 0.1) is 0 Å². The number of aromatic nitrogens is 1. The van der Waals surface area contributed by atoms with Crippen molar-refractivity contribution in [2.75, 3.05) is 6.54 Å². The molecule has 12 heavy (non-hydrogen) atoms. The van der Waals surface area contributed by atoms with Gasteiger partial charge in [-0.15, -0.1) is 0 Å². The number of pyridine rings is 1. The first-order valence-electron chi connectivity index (χ1n) is 4.41. The maximum Gasteiger partial charge on any atom is 0.0300 e. The van der Waals surface area contributed by atoms with Crippen molar-refractivity contribution in [2.24, 2.45) is 0 Å². The molecule has 1 aromatic rings. The third-order valence-electron chi connectivity index (χ3n) is 1.69. The van der Waals surface area contributed by atoms with E-state index in [1.54, 1.807) is 6.20 Å². The van der Waals surface area contributed by atoms with Gasteiger partial charge < -0.3 is 5.32 Å². The lowest BCUT2D eigenvalue weighted by Gasteiger charge is -2.06. The van der Waals surface area contributed by atoms with Gasteiger partial charge in [0.05, 0.1) is 0 Å². The molecule has 1 rings (SSSR count). The lowest BCUT2D eigenvalue weighted by atomic mass is 10.2. The third kappa shape index (κ3) is 3.49. The van der Waals surface area contributed by atoms with E-state index < -0.39 is 0 Å². The molecule has 1 aromatic heterocycles. The van der Waals surface area contributed by atoms with Crippen LogP contribution in [0.15, 0.2) is 24.5 Å². The molecule has 0 spiro atoms. The number of nitrogens with zero attached hydrogens (tertiary/aromatic N) is 1. The first-order valence-corrected chi connectivity index (χ1v) is 4.41. The van der Waals surface area contributed by atoms with Gasteiger partial charge in [-0.25, -0.2) is 0 Å². The van der Waals surface area contributed by atoms with Gasteiger partial charge in [-0.2, -0.15) is 0 Å². The first-order chi connectivity index (χ1) is 5.79. The van der Waals surface area contributed by atoms with Gasteiger partial charge in [0.15, 0.2) is 0 Å². The normalized spacial score (nSPS) is 10.6. The standard InChI is InChI=1S/C10H16N2/c1-9(2)12-7-5-10-4-3-6-11-8-10/h3-4,6,8-9,12H,5,7H2,1-2H3. The van der Waals surface area contributed by atoms with Crippen molar-refractivity contribution in [1.82, 2.24) is 10.3 Å². The molecule has 0 aromatic carbocycles. The molecule has 0 amide bonds. The lowest BCUT2D eigenvalue weighted by molar-refractivity contribution is 0.590. The number of hydrogen-bond acceptors (Lipinski definition) is 2. The predicted molar refractivity (Wildman–Crippen MR) is 51.1 cm³/mol. The second-order valence-electron chi connectivity index (χ2n) is 3.22. The van der Waals surface area contributed by atoms with Crippen LogP contribution in [0.3, 0.4) is 0 Å². The van der Waals surface area contributed by atoms with Gasteiger partial charge in [0.25, 0.3) is 0 Å². The zero-order valence-electron chi connectivity index (χ0n) is 7.75. The van der Waals surface area contributed by atoms with E-state index in [9.17, 15) is 0 Å². The Morgan fingerprint density at radius 3 is 2.92 bits per heavy atom. The van der Waals surface area contributed by atoms with E-state index in [1.807, 2.05) is 12.3 Å². The molecule has 0 saturated carbocycles. The first kappa shape index (κ1) is 9.20. The van der Waals surface area contributed by atoms with Gasteiger partial charge >= 0.3 is 0 Å². The summed E-state index contributed by atoms with van der Waals surface area (Å²) in [6.45, 7) is 5.34. The van der Waals surface area contributed by atoms with Gasteiger partial charge in [-0.1, -0.05) is 19.9 Å². The van der Waals surface area contributed by atoms with Gasteiger partial charge in [0.2, 0.25) is 0 Å². The SMILES string of the molecule is CC(C)NCCc1cccnc1. The van der Waals surface area contributed by atoms with E-state index in [0.717, 1.165) is 13.0 Å². The Labute approximate surface area is 74.0 Å². The topological polar surface area (TPSA) is 24.9 Å². The zero-order valence-corrected chi connectivity index (χ0v) is 7.75. The van der Waals surface area contributed by atoms with E-state index >= 15 is 0 Å². The molecule has 0 radical (unpaired) electrons. The molecule has 2 heteroatoms. The van der Waals surface area contributed by atoms with Crippen molar-refractivity contribution in [3.05, 3.63) is 30.1 Å². The van der Waals surface area contributed by atoms with E-state index in [4.69, 9.17) is 0 Å². The average molecular weight is 164 g/mol. The summed E-state index contributed by atoms with van der Waals surface area (Å²) in [6.07, 6.45) is 4.79. The maximum absolute atomic E-state index is 4.05. The molecular formula is C10H16N2. The molecule has 0 aliphatic heterocycles. The highest BCUT2D eigenvalue weighted by atomic mass is 14.9. The highest BCUT2D eigenvalue weighted by Crippen LogP contribution is 1.95. The highest BCUT2D eigenvalue weighted by molar-refractivity contribution is 5.08. The maximum atomic E-state index is 4.05. The molecule has 0 aliphatic carbocycles. The fourth-order valence-corrected chi connectivity index (χ4v) is 1.05. The third-order valence-corrected chi connectivity index (χ3v) is 1.69. The molecule has 0 atom stereocenters. The predicted octanol–water partition coefficient (Wildman–Crippen LogP) is 1.62. The molecular weight excluding hydrogens is 148 g/mol. The summed E-state index contributed by atoms with van der Waals surface area (Å²) in [6, 6.07) is 4.65. The van der Waals surface area contributed by atoms with Crippen LogP contribution in [0.4, 0.5) is 0 Å². The molecule has 1 N–H and O–H groups in total. The number of hydrogen-bond donors (Lipinski definition) is 1. The Kier molecular flexibility index (Phi) is 3.74. The van der Waals surface area contributed by atoms with E-state index in [-0.39, 0.29) is 0 Å². The van der Waals surface area contributed by atoms with E-state index in [1.165, 1.54) is 5.56 Å². The summed E-state index contributed by atoms with van der Waals surface area (Å²) in [4.78, 5) is 4.05. The summed E-state index contributed by atoms with van der Waals surface area (Å²) < 4.78 is 0. The Morgan fingerprint density at radius 2 is 2.33 bits per heavy atom. The van der Waals surface area contributed by atoms with Gasteiger partial charge in [0, 0.05) is 18.4 Å². The molecule has 2 nitrogen and oxygen atoms in total. The lowest BCUT2D eigenvalue weighted by Crippen LogP contribution is -2.24. The minimum atomic E-state index is 0.571. The Hall–Kier alpha value is -0.890. The van der Waals surface area contributed by atoms with Crippen LogP contribution in [0.25, 0.3) is 0 Å². The Morgan fingerprint density at radius 1 is 1.50 bits per heavy atom. The fourth-order valence-electron chi connectivity index (χ4n) is 1.05. The van der Waals surface area contributed by atoms with E-state index in [2.05, 4.69) is 30.2 Å². The second-order valence-corrected chi connectivity index (χ2v) is 3.22. The van der Waals surface area contributed by atoms with Crippen LogP contribution in [-0.4, -0.2) is 17.6 Å². The zero-order chi connectivity index (χ0) is 8.81. The molecule has 0 bridgehead atoms. The molecule has 0 fully saturated rings. The fraction of sp³-hybridized carbons (Fsp3) is 0.500. The molecule has 1 heterocycles. The largest absolute Gasteiger partial charge is 0.314 e. The van der Waals surface area contributed by atoms with Gasteiger partial charge in [-0.05, 0) is 24.6 Å². The van der Waals surface area contributed by atoms with Crippen LogP contribution in [-0.2, 0) is 6.42 Å². The van der Waals surface area contributed by atoms with Crippen molar-refractivity contribution in [3.8, 4) is 0 Å². The summed E-state index contributed by atoms with van der Waals surface area (Å²) >= 11 is 0. The highest BCUT2D eigenvalue weighted by Gasteiger charge is 1.93. The van der Waals surface area contributed by atoms with Crippen molar-refractivity contribution >= 4 is 0 Å². The summed E-state index contributed by atoms with van der Waals surface area (Å²) in [5, 5.41) is 3.37. The van der Waals surface area contributed by atoms with Crippen molar-refractivity contribution in [1.29, 1.82) is 0 Å². The Bertz CT molecular complexity index is 206.